The van der Waals surface area contributed by atoms with Gasteiger partial charge >= 0.3 is 0 Å². The van der Waals surface area contributed by atoms with Crippen molar-refractivity contribution in [1.29, 1.82) is 0 Å². The predicted molar refractivity (Wildman–Crippen MR) is 241 cm³/mol. The molecule has 13 rings (SSSR count). The van der Waals surface area contributed by atoms with Gasteiger partial charge in [0.2, 0.25) is 0 Å². The fourth-order valence-corrected chi connectivity index (χ4v) is 9.62. The first-order valence-electron chi connectivity index (χ1n) is 19.8. The first-order chi connectivity index (χ1) is 28.7. The summed E-state index contributed by atoms with van der Waals surface area (Å²) in [6, 6.07) is 70.3. The quantitative estimate of drug-likeness (QED) is 0.180. The molecule has 3 aromatic heterocycles. The lowest BCUT2D eigenvalue weighted by molar-refractivity contribution is 1.17. The summed E-state index contributed by atoms with van der Waals surface area (Å²) in [7, 11) is 0. The summed E-state index contributed by atoms with van der Waals surface area (Å²) in [5, 5.41) is 8.56. The van der Waals surface area contributed by atoms with Crippen molar-refractivity contribution in [3.05, 3.63) is 194 Å². The van der Waals surface area contributed by atoms with E-state index in [1.54, 1.807) is 0 Å². The van der Waals surface area contributed by atoms with Crippen LogP contribution in [0, 0.1) is 0 Å². The second-order valence-electron chi connectivity index (χ2n) is 15.4. The van der Waals surface area contributed by atoms with Gasteiger partial charge in [-0.2, -0.15) is 0 Å². The Morgan fingerprint density at radius 1 is 0.328 bits per heavy atom. The summed E-state index contributed by atoms with van der Waals surface area (Å²) in [5.41, 5.74) is 16.0. The van der Waals surface area contributed by atoms with Gasteiger partial charge in [0.15, 0.2) is 5.82 Å². The van der Waals surface area contributed by atoms with E-state index < -0.39 is 0 Å². The molecule has 0 bridgehead atoms. The Balaban J connectivity index is 0.938. The van der Waals surface area contributed by atoms with E-state index in [1.165, 1.54) is 82.4 Å². The molecule has 12 aromatic rings. The van der Waals surface area contributed by atoms with Gasteiger partial charge in [-0.25, -0.2) is 9.97 Å². The molecule has 0 radical (unpaired) electrons. The minimum Gasteiger partial charge on any atom is -0.309 e. The van der Waals surface area contributed by atoms with Gasteiger partial charge < -0.3 is 9.13 Å². The molecule has 0 fully saturated rings. The molecule has 0 N–H and O–H groups in total. The molecule has 4 nitrogen and oxygen atoms in total. The van der Waals surface area contributed by atoms with Crippen LogP contribution >= 0.6 is 0 Å². The molecule has 0 saturated carbocycles. The fraction of sp³-hybridized carbons (Fsp3) is 0. The smallest absolute Gasteiger partial charge is 0.160 e. The van der Waals surface area contributed by atoms with Crippen molar-refractivity contribution in [1.82, 2.24) is 19.1 Å². The normalized spacial score (nSPS) is 12.1. The standard InChI is InChI=1S/C54H32N4/c1-2-13-38(14-3-1)57-48-22-8-7-18-42(48)46-31-37-28-33(24-25-35(37)32-51(46)57)34-26-27-50-45(30-34)41-17-6-9-23-49(41)58(50)39-15-10-12-36(29-39)54-55-47-21-11-20-43-40-16-4-5-19-44(40)53(56-54)52(43)47/h1-32H. The fourth-order valence-electron chi connectivity index (χ4n) is 9.62. The lowest BCUT2D eigenvalue weighted by atomic mass is 9.98. The van der Waals surface area contributed by atoms with Crippen molar-refractivity contribution in [2.24, 2.45) is 0 Å². The van der Waals surface area contributed by atoms with Gasteiger partial charge in [0.25, 0.3) is 0 Å². The summed E-state index contributed by atoms with van der Waals surface area (Å²) in [4.78, 5) is 10.4. The monoisotopic (exact) mass is 736 g/mol. The molecule has 0 aliphatic heterocycles. The number of hydrogen-bond donors (Lipinski definition) is 0. The maximum absolute atomic E-state index is 5.22. The summed E-state index contributed by atoms with van der Waals surface area (Å²) < 4.78 is 4.76. The van der Waals surface area contributed by atoms with E-state index in [2.05, 4.69) is 203 Å². The molecular weight excluding hydrogens is 705 g/mol. The van der Waals surface area contributed by atoms with Gasteiger partial charge in [0.1, 0.15) is 0 Å². The van der Waals surface area contributed by atoms with Crippen LogP contribution in [-0.2, 0) is 0 Å². The van der Waals surface area contributed by atoms with Crippen LogP contribution in [0.3, 0.4) is 0 Å². The number of nitrogens with zero attached hydrogens (tertiary/aromatic N) is 4. The van der Waals surface area contributed by atoms with Crippen molar-refractivity contribution in [2.45, 2.75) is 0 Å². The molecule has 1 aliphatic carbocycles. The molecule has 3 heterocycles. The van der Waals surface area contributed by atoms with Crippen molar-refractivity contribution in [3.8, 4) is 56.3 Å². The number of aromatic nitrogens is 4. The Morgan fingerprint density at radius 3 is 1.81 bits per heavy atom. The third kappa shape index (κ3) is 4.45. The Morgan fingerprint density at radius 2 is 0.966 bits per heavy atom. The van der Waals surface area contributed by atoms with Crippen LogP contribution in [-0.4, -0.2) is 19.1 Å². The second kappa shape index (κ2) is 11.8. The van der Waals surface area contributed by atoms with Crippen molar-refractivity contribution in [3.63, 3.8) is 0 Å². The van der Waals surface area contributed by atoms with Crippen LogP contribution in [0.2, 0.25) is 0 Å². The molecular formula is C54H32N4. The first-order valence-corrected chi connectivity index (χ1v) is 19.8. The largest absolute Gasteiger partial charge is 0.309 e. The van der Waals surface area contributed by atoms with E-state index in [1.807, 2.05) is 0 Å². The first kappa shape index (κ1) is 31.4. The van der Waals surface area contributed by atoms with Crippen molar-refractivity contribution < 1.29 is 0 Å². The average Bonchev–Trinajstić information content (AvgIpc) is 3.91. The number of rotatable bonds is 4. The molecule has 4 heteroatoms. The van der Waals surface area contributed by atoms with Gasteiger partial charge in [-0.3, -0.25) is 0 Å². The molecule has 1 aliphatic rings. The molecule has 0 spiro atoms. The van der Waals surface area contributed by atoms with Crippen molar-refractivity contribution in [2.75, 3.05) is 0 Å². The minimum absolute atomic E-state index is 0.736. The third-order valence-electron chi connectivity index (χ3n) is 12.2. The highest BCUT2D eigenvalue weighted by Gasteiger charge is 2.24. The third-order valence-corrected chi connectivity index (χ3v) is 12.2. The summed E-state index contributed by atoms with van der Waals surface area (Å²) in [6.45, 7) is 0. The Bertz CT molecular complexity index is 3680. The highest BCUT2D eigenvalue weighted by Crippen LogP contribution is 2.46. The number of para-hydroxylation sites is 3. The average molecular weight is 737 g/mol. The topological polar surface area (TPSA) is 35.6 Å². The molecule has 0 unspecified atom stereocenters. The van der Waals surface area contributed by atoms with E-state index in [0.29, 0.717) is 0 Å². The highest BCUT2D eigenvalue weighted by molar-refractivity contribution is 6.15. The van der Waals surface area contributed by atoms with Gasteiger partial charge in [-0.05, 0) is 106 Å². The molecule has 0 atom stereocenters. The molecule has 0 saturated heterocycles. The lowest BCUT2D eigenvalue weighted by Gasteiger charge is -2.11. The molecule has 268 valence electrons. The van der Waals surface area contributed by atoms with E-state index in [0.717, 1.165) is 39.2 Å². The zero-order valence-electron chi connectivity index (χ0n) is 31.3. The Hall–Kier alpha value is -7.82. The van der Waals surface area contributed by atoms with Crippen LogP contribution in [0.15, 0.2) is 194 Å². The molecule has 0 amide bonds. The SMILES string of the molecule is c1ccc(-n2c3ccccc3c3cc4cc(-c5ccc6c(c5)c5ccccc5n6-c5cccc(-c6nc7c8c(cccc8n6)-c6ccccc6-7)c5)ccc4cc32)cc1. The van der Waals surface area contributed by atoms with E-state index in [9.17, 15) is 0 Å². The second-order valence-corrected chi connectivity index (χ2v) is 15.4. The maximum Gasteiger partial charge on any atom is 0.160 e. The predicted octanol–water partition coefficient (Wildman–Crippen LogP) is 14.0. The van der Waals surface area contributed by atoms with Crippen LogP contribution < -0.4 is 0 Å². The molecule has 9 aromatic carbocycles. The van der Waals surface area contributed by atoms with Gasteiger partial charge in [-0.1, -0.05) is 121 Å². The van der Waals surface area contributed by atoms with Gasteiger partial charge in [-0.15, -0.1) is 0 Å². The zero-order valence-corrected chi connectivity index (χ0v) is 31.3. The highest BCUT2D eigenvalue weighted by atomic mass is 15.0. The van der Waals surface area contributed by atoms with E-state index in [-0.39, 0.29) is 0 Å². The number of hydrogen-bond acceptors (Lipinski definition) is 2. The van der Waals surface area contributed by atoms with Gasteiger partial charge in [0.05, 0.1) is 33.3 Å². The van der Waals surface area contributed by atoms with Crippen LogP contribution in [0.1, 0.15) is 0 Å². The minimum atomic E-state index is 0.736. The summed E-state index contributed by atoms with van der Waals surface area (Å²) in [6.07, 6.45) is 0. The van der Waals surface area contributed by atoms with Crippen LogP contribution in [0.25, 0.3) is 122 Å². The number of fused-ring (bicyclic) bond motifs is 10. The number of benzene rings is 9. The lowest BCUT2D eigenvalue weighted by Crippen LogP contribution is -1.97. The summed E-state index contributed by atoms with van der Waals surface area (Å²) in [5.74, 6) is 0.736. The Kier molecular flexibility index (Phi) is 6.41. The molecule has 58 heavy (non-hydrogen) atoms. The van der Waals surface area contributed by atoms with Gasteiger partial charge in [0, 0.05) is 49.4 Å². The summed E-state index contributed by atoms with van der Waals surface area (Å²) >= 11 is 0. The van der Waals surface area contributed by atoms with E-state index in [4.69, 9.17) is 9.97 Å². The van der Waals surface area contributed by atoms with E-state index >= 15 is 0 Å². The van der Waals surface area contributed by atoms with Crippen LogP contribution in [0.5, 0.6) is 0 Å². The Labute approximate surface area is 333 Å². The van der Waals surface area contributed by atoms with Crippen molar-refractivity contribution >= 4 is 65.3 Å². The zero-order chi connectivity index (χ0) is 37.9. The maximum atomic E-state index is 5.22. The van der Waals surface area contributed by atoms with Crippen LogP contribution in [0.4, 0.5) is 0 Å².